The number of aliphatic hydroxyl groups is 1. The Morgan fingerprint density at radius 2 is 2.18 bits per heavy atom. The van der Waals surface area contributed by atoms with Crippen molar-refractivity contribution in [1.29, 1.82) is 0 Å². The molecule has 1 atom stereocenters. The maximum absolute atomic E-state index is 10.8. The normalized spacial score (nSPS) is 12.2. The summed E-state index contributed by atoms with van der Waals surface area (Å²) >= 11 is 5.70. The number of halogens is 1. The summed E-state index contributed by atoms with van der Waals surface area (Å²) in [4.78, 5) is 10.8. The number of hydrogen-bond donors (Lipinski definition) is 2. The maximum atomic E-state index is 10.8. The van der Waals surface area contributed by atoms with Crippen molar-refractivity contribution in [2.24, 2.45) is 0 Å². The van der Waals surface area contributed by atoms with Gasteiger partial charge in [-0.1, -0.05) is 11.6 Å². The third-order valence-corrected chi connectivity index (χ3v) is 2.30. The lowest BCUT2D eigenvalue weighted by atomic mass is 10.2. The molecule has 0 fully saturated rings. The largest absolute Gasteiger partial charge is 0.491 e. The second-order valence-corrected chi connectivity index (χ2v) is 3.77. The monoisotopic (exact) mass is 260 g/mol. The van der Waals surface area contributed by atoms with Crippen LogP contribution in [0, 0.1) is 0 Å². The number of carboxylic acid groups (broad SMARTS) is 1. The molecule has 1 aromatic rings. The Morgan fingerprint density at radius 1 is 1.47 bits per heavy atom. The molecule has 0 heterocycles. The van der Waals surface area contributed by atoms with E-state index in [4.69, 9.17) is 26.2 Å². The molecular formula is C11H13ClO5. The van der Waals surface area contributed by atoms with Crippen LogP contribution in [0.2, 0.25) is 5.02 Å². The summed E-state index contributed by atoms with van der Waals surface area (Å²) in [6.45, 7) is 0.175. The molecule has 0 bridgehead atoms. The van der Waals surface area contributed by atoms with E-state index in [9.17, 15) is 9.90 Å². The van der Waals surface area contributed by atoms with Gasteiger partial charge in [0, 0.05) is 7.11 Å². The van der Waals surface area contributed by atoms with Crippen molar-refractivity contribution in [2.45, 2.75) is 6.10 Å². The first-order chi connectivity index (χ1) is 8.04. The predicted octanol–water partition coefficient (Wildman–Crippen LogP) is 1.42. The topological polar surface area (TPSA) is 76.0 Å². The van der Waals surface area contributed by atoms with Gasteiger partial charge in [-0.2, -0.15) is 0 Å². The highest BCUT2D eigenvalue weighted by Gasteiger charge is 2.11. The zero-order chi connectivity index (χ0) is 12.8. The summed E-state index contributed by atoms with van der Waals surface area (Å²) in [5.74, 6) is -0.792. The lowest BCUT2D eigenvalue weighted by Crippen LogP contribution is -2.22. The fourth-order valence-electron chi connectivity index (χ4n) is 1.19. The number of carbonyl (C=O) groups is 1. The van der Waals surface area contributed by atoms with E-state index in [2.05, 4.69) is 0 Å². The Balaban J connectivity index is 2.66. The molecule has 0 spiro atoms. The molecule has 0 radical (unpaired) electrons. The van der Waals surface area contributed by atoms with Crippen LogP contribution in [0.15, 0.2) is 18.2 Å². The van der Waals surface area contributed by atoms with Crippen molar-refractivity contribution in [3.05, 3.63) is 28.8 Å². The fourth-order valence-corrected chi connectivity index (χ4v) is 1.39. The molecule has 0 aliphatic carbocycles. The molecule has 0 aromatic heterocycles. The average Bonchev–Trinajstić information content (AvgIpc) is 2.28. The Kier molecular flexibility index (Phi) is 5.21. The highest BCUT2D eigenvalue weighted by molar-refractivity contribution is 6.33. The zero-order valence-corrected chi connectivity index (χ0v) is 9.98. The minimum absolute atomic E-state index is 0.0224. The first-order valence-electron chi connectivity index (χ1n) is 4.87. The van der Waals surface area contributed by atoms with Crippen LogP contribution in [0.5, 0.6) is 5.75 Å². The average molecular weight is 261 g/mol. The van der Waals surface area contributed by atoms with Gasteiger partial charge in [0.05, 0.1) is 17.2 Å². The number of carboxylic acids is 1. The van der Waals surface area contributed by atoms with Crippen molar-refractivity contribution < 1.29 is 24.5 Å². The van der Waals surface area contributed by atoms with Crippen molar-refractivity contribution in [3.63, 3.8) is 0 Å². The van der Waals surface area contributed by atoms with Crippen LogP contribution in [-0.2, 0) is 4.74 Å². The summed E-state index contributed by atoms with van der Waals surface area (Å²) in [6.07, 6.45) is -0.760. The molecule has 0 aliphatic rings. The molecule has 1 rings (SSSR count). The quantitative estimate of drug-likeness (QED) is 0.809. The van der Waals surface area contributed by atoms with Gasteiger partial charge in [0.25, 0.3) is 0 Å². The molecule has 0 amide bonds. The van der Waals surface area contributed by atoms with E-state index in [-0.39, 0.29) is 23.8 Å². The van der Waals surface area contributed by atoms with E-state index < -0.39 is 12.1 Å². The third kappa shape index (κ3) is 4.22. The molecule has 0 saturated carbocycles. The summed E-state index contributed by atoms with van der Waals surface area (Å²) in [6, 6.07) is 4.28. The van der Waals surface area contributed by atoms with Crippen molar-refractivity contribution >= 4 is 17.6 Å². The van der Waals surface area contributed by atoms with Gasteiger partial charge < -0.3 is 19.7 Å². The van der Waals surface area contributed by atoms with E-state index in [1.165, 1.54) is 25.3 Å². The van der Waals surface area contributed by atoms with Gasteiger partial charge in [0.1, 0.15) is 18.5 Å². The summed E-state index contributed by atoms with van der Waals surface area (Å²) < 4.78 is 9.94. The molecule has 1 unspecified atom stereocenters. The van der Waals surface area contributed by atoms with Gasteiger partial charge in [0.2, 0.25) is 0 Å². The lowest BCUT2D eigenvalue weighted by Gasteiger charge is -2.12. The lowest BCUT2D eigenvalue weighted by molar-refractivity contribution is 0.0325. The fraction of sp³-hybridized carbons (Fsp3) is 0.364. The number of rotatable bonds is 6. The predicted molar refractivity (Wildman–Crippen MR) is 61.8 cm³/mol. The Labute approximate surface area is 104 Å². The van der Waals surface area contributed by atoms with Crippen LogP contribution in [0.1, 0.15) is 10.4 Å². The summed E-state index contributed by atoms with van der Waals surface area (Å²) in [5.41, 5.74) is -0.0367. The van der Waals surface area contributed by atoms with Crippen LogP contribution in [-0.4, -0.2) is 42.6 Å². The number of ether oxygens (including phenoxy) is 2. The number of aromatic carboxylic acids is 1. The number of hydrogen-bond acceptors (Lipinski definition) is 4. The Bertz CT molecular complexity index is 393. The molecule has 1 aromatic carbocycles. The molecule has 0 aliphatic heterocycles. The number of aliphatic hydroxyl groups excluding tert-OH is 1. The number of methoxy groups -OCH3 is 1. The minimum atomic E-state index is -1.13. The van der Waals surface area contributed by atoms with E-state index >= 15 is 0 Å². The Hall–Kier alpha value is -1.30. The van der Waals surface area contributed by atoms with E-state index in [1.807, 2.05) is 0 Å². The summed E-state index contributed by atoms with van der Waals surface area (Å²) in [7, 11) is 1.47. The standard InChI is InChI=1S/C11H13ClO5/c1-16-5-7(13)6-17-8-2-3-10(12)9(4-8)11(14)15/h2-4,7,13H,5-6H2,1H3,(H,14,15). The molecule has 94 valence electrons. The number of benzene rings is 1. The van der Waals surface area contributed by atoms with Crippen LogP contribution >= 0.6 is 11.6 Å². The van der Waals surface area contributed by atoms with Crippen LogP contribution in [0.4, 0.5) is 0 Å². The second-order valence-electron chi connectivity index (χ2n) is 3.37. The van der Waals surface area contributed by atoms with Gasteiger partial charge in [-0.05, 0) is 18.2 Å². The molecule has 6 heteroatoms. The highest BCUT2D eigenvalue weighted by atomic mass is 35.5. The Morgan fingerprint density at radius 3 is 2.76 bits per heavy atom. The first-order valence-corrected chi connectivity index (χ1v) is 5.25. The third-order valence-electron chi connectivity index (χ3n) is 1.97. The molecular weight excluding hydrogens is 248 g/mol. The van der Waals surface area contributed by atoms with Gasteiger partial charge >= 0.3 is 5.97 Å². The van der Waals surface area contributed by atoms with Crippen molar-refractivity contribution in [2.75, 3.05) is 20.3 Å². The molecule has 0 saturated heterocycles. The van der Waals surface area contributed by atoms with Crippen molar-refractivity contribution in [3.8, 4) is 5.75 Å². The summed E-state index contributed by atoms with van der Waals surface area (Å²) in [5, 5.41) is 18.3. The zero-order valence-electron chi connectivity index (χ0n) is 9.22. The smallest absolute Gasteiger partial charge is 0.337 e. The SMILES string of the molecule is COCC(O)COc1ccc(Cl)c(C(=O)O)c1. The van der Waals surface area contributed by atoms with E-state index in [0.717, 1.165) is 0 Å². The van der Waals surface area contributed by atoms with E-state index in [1.54, 1.807) is 0 Å². The minimum Gasteiger partial charge on any atom is -0.491 e. The van der Waals surface area contributed by atoms with Gasteiger partial charge in [-0.25, -0.2) is 4.79 Å². The van der Waals surface area contributed by atoms with Crippen LogP contribution in [0.3, 0.4) is 0 Å². The molecule has 5 nitrogen and oxygen atoms in total. The van der Waals surface area contributed by atoms with E-state index in [0.29, 0.717) is 5.75 Å². The van der Waals surface area contributed by atoms with Crippen LogP contribution < -0.4 is 4.74 Å². The first kappa shape index (κ1) is 13.8. The second kappa shape index (κ2) is 6.44. The maximum Gasteiger partial charge on any atom is 0.337 e. The molecule has 17 heavy (non-hydrogen) atoms. The van der Waals surface area contributed by atoms with Gasteiger partial charge in [-0.3, -0.25) is 0 Å². The van der Waals surface area contributed by atoms with Gasteiger partial charge in [0.15, 0.2) is 0 Å². The van der Waals surface area contributed by atoms with Crippen molar-refractivity contribution in [1.82, 2.24) is 0 Å². The molecule has 2 N–H and O–H groups in total. The van der Waals surface area contributed by atoms with Crippen LogP contribution in [0.25, 0.3) is 0 Å². The van der Waals surface area contributed by atoms with Gasteiger partial charge in [-0.15, -0.1) is 0 Å². The highest BCUT2D eigenvalue weighted by Crippen LogP contribution is 2.22.